The average molecular weight is 301 g/mol. The maximum Gasteiger partial charge on any atom is 0.0468 e. The van der Waals surface area contributed by atoms with Crippen molar-refractivity contribution in [2.75, 3.05) is 26.7 Å². The maximum atomic E-state index is 6.40. The van der Waals surface area contributed by atoms with Crippen LogP contribution < -0.4 is 5.32 Å². The molecule has 1 aliphatic rings. The van der Waals surface area contributed by atoms with Crippen LogP contribution in [0.1, 0.15) is 31.4 Å². The lowest BCUT2D eigenvalue weighted by atomic mass is 9.84. The molecule has 0 aromatic heterocycles. The minimum atomic E-state index is 0.314. The van der Waals surface area contributed by atoms with E-state index in [-0.39, 0.29) is 0 Å². The van der Waals surface area contributed by atoms with E-state index in [9.17, 15) is 0 Å². The molecule has 0 bridgehead atoms. The van der Waals surface area contributed by atoms with Crippen LogP contribution in [-0.4, -0.2) is 31.6 Å². The van der Waals surface area contributed by atoms with Crippen LogP contribution in [0.25, 0.3) is 0 Å². The first-order chi connectivity index (χ1) is 9.15. The minimum absolute atomic E-state index is 0.314. The molecular formula is C15H22Cl2N2. The van der Waals surface area contributed by atoms with Gasteiger partial charge in [0, 0.05) is 21.7 Å². The van der Waals surface area contributed by atoms with Gasteiger partial charge in [0.1, 0.15) is 0 Å². The number of rotatable bonds is 4. The minimum Gasteiger partial charge on any atom is -0.317 e. The molecule has 1 aliphatic heterocycles. The molecule has 0 radical (unpaired) electrons. The quantitative estimate of drug-likeness (QED) is 0.904. The Labute approximate surface area is 126 Å². The van der Waals surface area contributed by atoms with Crippen molar-refractivity contribution in [2.24, 2.45) is 5.92 Å². The highest BCUT2D eigenvalue weighted by molar-refractivity contribution is 6.36. The molecule has 1 N–H and O–H groups in total. The molecule has 4 heteroatoms. The first-order valence-electron chi connectivity index (χ1n) is 7.00. The molecule has 1 fully saturated rings. The van der Waals surface area contributed by atoms with E-state index in [1.807, 2.05) is 18.2 Å². The van der Waals surface area contributed by atoms with Gasteiger partial charge >= 0.3 is 0 Å². The van der Waals surface area contributed by atoms with Crippen molar-refractivity contribution < 1.29 is 0 Å². The Hall–Kier alpha value is -0.280. The van der Waals surface area contributed by atoms with Crippen molar-refractivity contribution in [3.8, 4) is 0 Å². The number of likely N-dealkylation sites (tertiary alicyclic amines) is 1. The zero-order valence-corrected chi connectivity index (χ0v) is 13.1. The summed E-state index contributed by atoms with van der Waals surface area (Å²) in [6, 6.07) is 6.11. The normalized spacial score (nSPS) is 24.6. The molecule has 2 rings (SSSR count). The summed E-state index contributed by atoms with van der Waals surface area (Å²) in [4.78, 5) is 2.39. The van der Waals surface area contributed by atoms with Gasteiger partial charge in [-0.15, -0.1) is 0 Å². The Morgan fingerprint density at radius 3 is 2.63 bits per heavy atom. The van der Waals surface area contributed by atoms with Gasteiger partial charge in [0.2, 0.25) is 0 Å². The van der Waals surface area contributed by atoms with Gasteiger partial charge in [0.05, 0.1) is 0 Å². The van der Waals surface area contributed by atoms with Gasteiger partial charge < -0.3 is 5.32 Å². The second-order valence-corrected chi connectivity index (χ2v) is 6.09. The molecule has 0 amide bonds. The van der Waals surface area contributed by atoms with Crippen molar-refractivity contribution in [3.63, 3.8) is 0 Å². The lowest BCUT2D eigenvalue weighted by Gasteiger charge is -2.40. The Morgan fingerprint density at radius 2 is 2.00 bits per heavy atom. The molecule has 1 aromatic carbocycles. The summed E-state index contributed by atoms with van der Waals surface area (Å²) in [6.07, 6.45) is 2.47. The third-order valence-corrected chi connectivity index (χ3v) is 4.62. The fourth-order valence-electron chi connectivity index (χ4n) is 3.05. The molecule has 19 heavy (non-hydrogen) atoms. The summed E-state index contributed by atoms with van der Waals surface area (Å²) in [5.74, 6) is 0.566. The Morgan fingerprint density at radius 1 is 1.32 bits per heavy atom. The molecule has 2 nitrogen and oxygen atoms in total. The zero-order valence-electron chi connectivity index (χ0n) is 11.6. The monoisotopic (exact) mass is 300 g/mol. The van der Waals surface area contributed by atoms with Gasteiger partial charge in [-0.25, -0.2) is 0 Å². The molecule has 0 spiro atoms. The van der Waals surface area contributed by atoms with Crippen LogP contribution in [0, 0.1) is 5.92 Å². The molecule has 106 valence electrons. The highest BCUT2D eigenvalue weighted by atomic mass is 35.5. The number of hydrogen-bond donors (Lipinski definition) is 1. The predicted molar refractivity (Wildman–Crippen MR) is 83.1 cm³/mol. The summed E-state index contributed by atoms with van der Waals surface area (Å²) >= 11 is 12.8. The number of hydrogen-bond acceptors (Lipinski definition) is 2. The van der Waals surface area contributed by atoms with Gasteiger partial charge in [0.15, 0.2) is 0 Å². The molecule has 0 aliphatic carbocycles. The number of piperidine rings is 1. The van der Waals surface area contributed by atoms with E-state index in [0.29, 0.717) is 12.0 Å². The topological polar surface area (TPSA) is 15.3 Å². The van der Waals surface area contributed by atoms with E-state index in [1.54, 1.807) is 0 Å². The van der Waals surface area contributed by atoms with Crippen LogP contribution in [-0.2, 0) is 0 Å². The lowest BCUT2D eigenvalue weighted by molar-refractivity contribution is 0.120. The van der Waals surface area contributed by atoms with Crippen molar-refractivity contribution in [3.05, 3.63) is 33.8 Å². The fourth-order valence-corrected chi connectivity index (χ4v) is 3.67. The van der Waals surface area contributed by atoms with E-state index in [1.165, 1.54) is 12.8 Å². The van der Waals surface area contributed by atoms with Crippen molar-refractivity contribution in [1.82, 2.24) is 10.2 Å². The van der Waals surface area contributed by atoms with Crippen LogP contribution in [0.2, 0.25) is 10.0 Å². The maximum absolute atomic E-state index is 6.40. The number of nitrogens with one attached hydrogen (secondary N) is 1. The fraction of sp³-hybridized carbons (Fsp3) is 0.600. The Kier molecular flexibility index (Phi) is 5.52. The number of benzene rings is 1. The van der Waals surface area contributed by atoms with Crippen molar-refractivity contribution in [2.45, 2.75) is 25.8 Å². The van der Waals surface area contributed by atoms with Crippen molar-refractivity contribution in [1.29, 1.82) is 0 Å². The van der Waals surface area contributed by atoms with Gasteiger partial charge in [-0.1, -0.05) is 36.2 Å². The zero-order chi connectivity index (χ0) is 13.8. The van der Waals surface area contributed by atoms with Crippen LogP contribution in [0.5, 0.6) is 0 Å². The summed E-state index contributed by atoms with van der Waals surface area (Å²) in [7, 11) is 2.17. The van der Waals surface area contributed by atoms with Crippen molar-refractivity contribution >= 4 is 23.2 Å². The predicted octanol–water partition coefficient (Wildman–Crippen LogP) is 3.99. The molecular weight excluding hydrogens is 279 g/mol. The highest BCUT2D eigenvalue weighted by Gasteiger charge is 2.32. The molecule has 2 atom stereocenters. The first kappa shape index (κ1) is 15.1. The van der Waals surface area contributed by atoms with E-state index in [0.717, 1.165) is 35.2 Å². The molecule has 1 saturated heterocycles. The number of halogens is 2. The Bertz CT molecular complexity index is 402. The molecule has 1 heterocycles. The van der Waals surface area contributed by atoms with Gasteiger partial charge in [-0.3, -0.25) is 4.90 Å². The Balaban J connectivity index is 2.30. The molecule has 0 saturated carbocycles. The molecule has 2 unspecified atom stereocenters. The summed E-state index contributed by atoms with van der Waals surface area (Å²) in [6.45, 7) is 5.27. The van der Waals surface area contributed by atoms with Gasteiger partial charge in [-0.2, -0.15) is 0 Å². The average Bonchev–Trinajstić information content (AvgIpc) is 2.38. The SMILES string of the molecule is CCNCC1CCCN(C)C1c1c(Cl)cccc1Cl. The van der Waals surface area contributed by atoms with Crippen LogP contribution >= 0.6 is 23.2 Å². The second kappa shape index (κ2) is 6.94. The largest absolute Gasteiger partial charge is 0.317 e. The lowest BCUT2D eigenvalue weighted by Crippen LogP contribution is -2.40. The summed E-state index contributed by atoms with van der Waals surface area (Å²) in [5.41, 5.74) is 1.09. The van der Waals surface area contributed by atoms with Gasteiger partial charge in [-0.05, 0) is 57.6 Å². The smallest absolute Gasteiger partial charge is 0.0468 e. The standard InChI is InChI=1S/C15H22Cl2N2/c1-3-18-10-11-6-5-9-19(2)15(11)14-12(16)7-4-8-13(14)17/h4,7-8,11,15,18H,3,5-6,9-10H2,1-2H3. The summed E-state index contributed by atoms with van der Waals surface area (Å²) < 4.78 is 0. The second-order valence-electron chi connectivity index (χ2n) is 5.27. The van der Waals surface area contributed by atoms with E-state index >= 15 is 0 Å². The third-order valence-electron chi connectivity index (χ3n) is 3.96. The van der Waals surface area contributed by atoms with E-state index in [4.69, 9.17) is 23.2 Å². The van der Waals surface area contributed by atoms with E-state index in [2.05, 4.69) is 24.2 Å². The molecule has 1 aromatic rings. The third kappa shape index (κ3) is 3.43. The summed E-state index contributed by atoms with van der Waals surface area (Å²) in [5, 5.41) is 5.03. The van der Waals surface area contributed by atoms with Crippen LogP contribution in [0.3, 0.4) is 0 Å². The number of nitrogens with zero attached hydrogens (tertiary/aromatic N) is 1. The van der Waals surface area contributed by atoms with Crippen LogP contribution in [0.15, 0.2) is 18.2 Å². The van der Waals surface area contributed by atoms with Gasteiger partial charge in [0.25, 0.3) is 0 Å². The van der Waals surface area contributed by atoms with E-state index < -0.39 is 0 Å². The van der Waals surface area contributed by atoms with Crippen LogP contribution in [0.4, 0.5) is 0 Å². The first-order valence-corrected chi connectivity index (χ1v) is 7.75. The highest BCUT2D eigenvalue weighted by Crippen LogP contribution is 2.41.